The standard InChI is InChI=1S/C14H12N4O/c1-2-4-11(5-3-1)9-19-13-6-7-16-14(18-13)12-8-15-10-17-12/h1-8,10H,9H2,(H,15,17). The number of rotatable bonds is 4. The Morgan fingerprint density at radius 3 is 2.74 bits per heavy atom. The fraction of sp³-hybridized carbons (Fsp3) is 0.0714. The molecule has 0 unspecified atom stereocenters. The second-order valence-electron chi connectivity index (χ2n) is 3.95. The van der Waals surface area contributed by atoms with E-state index in [4.69, 9.17) is 4.74 Å². The highest BCUT2D eigenvalue weighted by atomic mass is 16.5. The molecule has 5 heteroatoms. The summed E-state index contributed by atoms with van der Waals surface area (Å²) in [5, 5.41) is 0. The molecule has 94 valence electrons. The summed E-state index contributed by atoms with van der Waals surface area (Å²) in [6.45, 7) is 0.484. The molecule has 1 N–H and O–H groups in total. The van der Waals surface area contributed by atoms with E-state index in [1.165, 1.54) is 0 Å². The lowest BCUT2D eigenvalue weighted by molar-refractivity contribution is 0.293. The van der Waals surface area contributed by atoms with E-state index in [0.29, 0.717) is 24.0 Å². The van der Waals surface area contributed by atoms with E-state index in [-0.39, 0.29) is 0 Å². The Hall–Kier alpha value is -2.69. The summed E-state index contributed by atoms with van der Waals surface area (Å²) < 4.78 is 5.64. The number of benzene rings is 1. The number of hydrogen-bond acceptors (Lipinski definition) is 4. The van der Waals surface area contributed by atoms with Crippen LogP contribution in [-0.4, -0.2) is 19.9 Å². The summed E-state index contributed by atoms with van der Waals surface area (Å²) in [5.74, 6) is 1.09. The average molecular weight is 252 g/mol. The Kier molecular flexibility index (Phi) is 3.18. The van der Waals surface area contributed by atoms with Crippen LogP contribution < -0.4 is 4.74 Å². The van der Waals surface area contributed by atoms with Crippen LogP contribution in [0.3, 0.4) is 0 Å². The molecule has 0 fully saturated rings. The molecule has 0 bridgehead atoms. The van der Waals surface area contributed by atoms with Crippen molar-refractivity contribution < 1.29 is 4.74 Å². The van der Waals surface area contributed by atoms with Crippen LogP contribution in [0.15, 0.2) is 55.1 Å². The number of hydrogen-bond donors (Lipinski definition) is 1. The van der Waals surface area contributed by atoms with Gasteiger partial charge in [0.15, 0.2) is 5.82 Å². The molecule has 0 aliphatic heterocycles. The van der Waals surface area contributed by atoms with Crippen LogP contribution in [0.2, 0.25) is 0 Å². The molecule has 0 atom stereocenters. The Balaban J connectivity index is 1.74. The van der Waals surface area contributed by atoms with Gasteiger partial charge in [0.1, 0.15) is 12.3 Å². The van der Waals surface area contributed by atoms with Crippen molar-refractivity contribution >= 4 is 0 Å². The molecule has 0 saturated heterocycles. The van der Waals surface area contributed by atoms with Crippen LogP contribution in [0.25, 0.3) is 11.5 Å². The Bertz CT molecular complexity index is 638. The van der Waals surface area contributed by atoms with Gasteiger partial charge in [-0.15, -0.1) is 0 Å². The molecular weight excluding hydrogens is 240 g/mol. The van der Waals surface area contributed by atoms with Crippen molar-refractivity contribution in [3.05, 3.63) is 60.7 Å². The number of aromatic nitrogens is 4. The van der Waals surface area contributed by atoms with Crippen molar-refractivity contribution in [2.45, 2.75) is 6.61 Å². The molecule has 2 aromatic heterocycles. The number of H-pyrrole nitrogens is 1. The van der Waals surface area contributed by atoms with Crippen LogP contribution in [-0.2, 0) is 6.61 Å². The monoisotopic (exact) mass is 252 g/mol. The molecule has 1 aromatic carbocycles. The minimum absolute atomic E-state index is 0.484. The van der Waals surface area contributed by atoms with Crippen LogP contribution in [0.1, 0.15) is 5.56 Å². The van der Waals surface area contributed by atoms with E-state index < -0.39 is 0 Å². The van der Waals surface area contributed by atoms with Gasteiger partial charge in [-0.05, 0) is 5.56 Å². The predicted octanol–water partition coefficient (Wildman–Crippen LogP) is 2.45. The number of imidazole rings is 1. The van der Waals surface area contributed by atoms with Gasteiger partial charge in [0.25, 0.3) is 0 Å². The first-order chi connectivity index (χ1) is 9.42. The Labute approximate surface area is 110 Å². The lowest BCUT2D eigenvalue weighted by Gasteiger charge is -2.05. The van der Waals surface area contributed by atoms with Crippen molar-refractivity contribution in [3.63, 3.8) is 0 Å². The van der Waals surface area contributed by atoms with Gasteiger partial charge < -0.3 is 9.72 Å². The summed E-state index contributed by atoms with van der Waals surface area (Å²) in [4.78, 5) is 15.5. The van der Waals surface area contributed by atoms with Crippen molar-refractivity contribution in [2.24, 2.45) is 0 Å². The quantitative estimate of drug-likeness (QED) is 0.774. The van der Waals surface area contributed by atoms with Crippen LogP contribution >= 0.6 is 0 Å². The highest BCUT2D eigenvalue weighted by molar-refractivity contribution is 5.47. The highest BCUT2D eigenvalue weighted by Gasteiger charge is 2.05. The van der Waals surface area contributed by atoms with E-state index in [1.54, 1.807) is 24.8 Å². The molecule has 0 aliphatic rings. The van der Waals surface area contributed by atoms with E-state index in [9.17, 15) is 0 Å². The largest absolute Gasteiger partial charge is 0.473 e. The maximum absolute atomic E-state index is 5.64. The zero-order chi connectivity index (χ0) is 12.9. The summed E-state index contributed by atoms with van der Waals surface area (Å²) in [7, 11) is 0. The smallest absolute Gasteiger partial charge is 0.217 e. The topological polar surface area (TPSA) is 63.7 Å². The van der Waals surface area contributed by atoms with Crippen LogP contribution in [0, 0.1) is 0 Å². The Morgan fingerprint density at radius 1 is 1.05 bits per heavy atom. The molecule has 19 heavy (non-hydrogen) atoms. The van der Waals surface area contributed by atoms with E-state index >= 15 is 0 Å². The molecule has 3 rings (SSSR count). The molecular formula is C14H12N4O. The second-order valence-corrected chi connectivity index (χ2v) is 3.95. The summed E-state index contributed by atoms with van der Waals surface area (Å²) in [6, 6.07) is 11.7. The molecule has 0 aliphatic carbocycles. The predicted molar refractivity (Wildman–Crippen MR) is 70.4 cm³/mol. The average Bonchev–Trinajstić information content (AvgIpc) is 3.01. The van der Waals surface area contributed by atoms with Gasteiger partial charge >= 0.3 is 0 Å². The van der Waals surface area contributed by atoms with Gasteiger partial charge in [-0.25, -0.2) is 9.97 Å². The number of nitrogens with one attached hydrogen (secondary N) is 1. The van der Waals surface area contributed by atoms with Gasteiger partial charge in [0, 0.05) is 18.5 Å². The maximum Gasteiger partial charge on any atom is 0.217 e. The lowest BCUT2D eigenvalue weighted by Crippen LogP contribution is -1.98. The van der Waals surface area contributed by atoms with Gasteiger partial charge in [0.05, 0.1) is 6.33 Å². The Morgan fingerprint density at radius 2 is 1.95 bits per heavy atom. The molecule has 0 radical (unpaired) electrons. The van der Waals surface area contributed by atoms with Crippen molar-refractivity contribution in [1.29, 1.82) is 0 Å². The first-order valence-electron chi connectivity index (χ1n) is 5.91. The third-order valence-electron chi connectivity index (χ3n) is 2.59. The third-order valence-corrected chi connectivity index (χ3v) is 2.59. The fourth-order valence-electron chi connectivity index (χ4n) is 1.66. The zero-order valence-corrected chi connectivity index (χ0v) is 10.2. The lowest BCUT2D eigenvalue weighted by atomic mass is 10.2. The number of nitrogens with zero attached hydrogens (tertiary/aromatic N) is 3. The highest BCUT2D eigenvalue weighted by Crippen LogP contribution is 2.15. The third kappa shape index (κ3) is 2.77. The van der Waals surface area contributed by atoms with Gasteiger partial charge in [0.2, 0.25) is 5.88 Å². The van der Waals surface area contributed by atoms with Crippen LogP contribution in [0.5, 0.6) is 5.88 Å². The van der Waals surface area contributed by atoms with Gasteiger partial charge in [-0.1, -0.05) is 30.3 Å². The molecule has 3 aromatic rings. The molecule has 5 nitrogen and oxygen atoms in total. The molecule has 0 spiro atoms. The van der Waals surface area contributed by atoms with E-state index in [0.717, 1.165) is 5.56 Å². The first kappa shape index (κ1) is 11.4. The van der Waals surface area contributed by atoms with E-state index in [2.05, 4.69) is 19.9 Å². The first-order valence-corrected chi connectivity index (χ1v) is 5.91. The minimum Gasteiger partial charge on any atom is -0.473 e. The van der Waals surface area contributed by atoms with E-state index in [1.807, 2.05) is 30.3 Å². The van der Waals surface area contributed by atoms with Crippen molar-refractivity contribution in [3.8, 4) is 17.4 Å². The maximum atomic E-state index is 5.64. The summed E-state index contributed by atoms with van der Waals surface area (Å²) >= 11 is 0. The second kappa shape index (κ2) is 5.30. The number of ether oxygens (including phenoxy) is 1. The molecule has 0 amide bonds. The van der Waals surface area contributed by atoms with Crippen molar-refractivity contribution in [1.82, 2.24) is 19.9 Å². The van der Waals surface area contributed by atoms with Crippen molar-refractivity contribution in [2.75, 3.05) is 0 Å². The molecule has 0 saturated carbocycles. The normalized spacial score (nSPS) is 10.3. The fourth-order valence-corrected chi connectivity index (χ4v) is 1.66. The molecule has 2 heterocycles. The summed E-state index contributed by atoms with van der Waals surface area (Å²) in [6.07, 6.45) is 5.00. The van der Waals surface area contributed by atoms with Gasteiger partial charge in [-0.3, -0.25) is 0 Å². The van der Waals surface area contributed by atoms with Crippen LogP contribution in [0.4, 0.5) is 0 Å². The van der Waals surface area contributed by atoms with Gasteiger partial charge in [-0.2, -0.15) is 4.98 Å². The number of aromatic amines is 1. The SMILES string of the molecule is c1ccc(COc2ccnc(-c3c[nH]cn3)n2)cc1. The zero-order valence-electron chi connectivity index (χ0n) is 10.2. The minimum atomic E-state index is 0.484. The summed E-state index contributed by atoms with van der Waals surface area (Å²) in [5.41, 5.74) is 1.80.